The van der Waals surface area contributed by atoms with Gasteiger partial charge in [0.25, 0.3) is 5.92 Å². The van der Waals surface area contributed by atoms with E-state index in [1.807, 2.05) is 0 Å². The largest absolute Gasteiger partial charge is 0.435 e. The van der Waals surface area contributed by atoms with Gasteiger partial charge in [-0.3, -0.25) is 14.2 Å². The molecule has 0 aliphatic heterocycles. The Hall–Kier alpha value is -4.96. The van der Waals surface area contributed by atoms with E-state index in [2.05, 4.69) is 37.1 Å². The lowest BCUT2D eigenvalue weighted by molar-refractivity contribution is -0.143. The summed E-state index contributed by atoms with van der Waals surface area (Å²) < 4.78 is 149. The normalized spacial score (nSPS) is 16.9. The summed E-state index contributed by atoms with van der Waals surface area (Å²) in [5, 5.41) is 10.2. The first-order valence-corrected chi connectivity index (χ1v) is 19.5. The van der Waals surface area contributed by atoms with Crippen LogP contribution in [0.4, 0.5) is 49.7 Å². The predicted octanol–water partition coefficient (Wildman–Crippen LogP) is 10.5. The van der Waals surface area contributed by atoms with Gasteiger partial charge < -0.3 is 10.0 Å². The minimum atomic E-state index is -5.14. The molecular formula is C39H34ClF10N7OS. The lowest BCUT2D eigenvalue weighted by Gasteiger charge is -2.24. The van der Waals surface area contributed by atoms with Crippen molar-refractivity contribution in [2.45, 2.75) is 77.4 Å². The SMILES string of the molecule is CSNc1nn(CC(F)(F)F)c2c(-c3ccc(C#CC(C)C)nc3C(Cc3cc(F)cc(F)c3)NC(=O)Cn3nc(C(F)(F)F)c4c3C(F)(F)C(C)[C@@H]4C)ccc(Cl)c12. The van der Waals surface area contributed by atoms with Crippen LogP contribution in [-0.2, 0) is 36.4 Å². The van der Waals surface area contributed by atoms with Crippen molar-refractivity contribution < 1.29 is 48.7 Å². The van der Waals surface area contributed by atoms with E-state index in [1.165, 1.54) is 31.2 Å². The number of hydrogen-bond acceptors (Lipinski definition) is 6. The highest BCUT2D eigenvalue weighted by Crippen LogP contribution is 2.55. The second kappa shape index (κ2) is 16.2. The molecule has 1 aliphatic carbocycles. The van der Waals surface area contributed by atoms with Crippen molar-refractivity contribution in [2.75, 3.05) is 11.0 Å². The van der Waals surface area contributed by atoms with Gasteiger partial charge in [-0.05, 0) is 54.2 Å². The van der Waals surface area contributed by atoms with Crippen LogP contribution in [-0.4, -0.2) is 42.9 Å². The van der Waals surface area contributed by atoms with Gasteiger partial charge in [0.15, 0.2) is 11.5 Å². The van der Waals surface area contributed by atoms with Crippen LogP contribution >= 0.6 is 23.5 Å². The van der Waals surface area contributed by atoms with E-state index < -0.39 is 90.2 Å². The number of amides is 1. The van der Waals surface area contributed by atoms with Gasteiger partial charge in [-0.25, -0.2) is 13.8 Å². The zero-order valence-corrected chi connectivity index (χ0v) is 33.3. The van der Waals surface area contributed by atoms with Crippen LogP contribution in [0.15, 0.2) is 42.5 Å². The number of nitrogens with zero attached hydrogens (tertiary/aromatic N) is 5. The number of rotatable bonds is 10. The molecule has 0 saturated carbocycles. The zero-order chi connectivity index (χ0) is 43.4. The quantitative estimate of drug-likeness (QED) is 0.0826. The maximum Gasteiger partial charge on any atom is 0.435 e. The summed E-state index contributed by atoms with van der Waals surface area (Å²) >= 11 is 7.59. The minimum absolute atomic E-state index is 0.0111. The Balaban J connectivity index is 1.56. The van der Waals surface area contributed by atoms with Gasteiger partial charge in [-0.1, -0.05) is 63.2 Å². The Morgan fingerprint density at radius 3 is 2.25 bits per heavy atom. The number of alkyl halides is 8. The molecule has 0 spiro atoms. The number of benzene rings is 2. The Morgan fingerprint density at radius 1 is 0.983 bits per heavy atom. The average Bonchev–Trinajstić information content (AvgIpc) is 3.73. The van der Waals surface area contributed by atoms with Crippen LogP contribution in [0.1, 0.15) is 73.6 Å². The molecule has 20 heteroatoms. The molecule has 0 bridgehead atoms. The lowest BCUT2D eigenvalue weighted by atomic mass is 9.93. The Morgan fingerprint density at radius 2 is 1.64 bits per heavy atom. The number of nitrogens with one attached hydrogen (secondary N) is 2. The summed E-state index contributed by atoms with van der Waals surface area (Å²) in [6, 6.07) is 6.70. The van der Waals surface area contributed by atoms with Gasteiger partial charge in [0, 0.05) is 40.8 Å². The number of halogens is 11. The molecule has 5 aromatic rings. The van der Waals surface area contributed by atoms with E-state index in [0.717, 1.165) is 31.0 Å². The first-order chi connectivity index (χ1) is 27.5. The maximum atomic E-state index is 15.6. The summed E-state index contributed by atoms with van der Waals surface area (Å²) in [4.78, 5) is 18.6. The number of hydrogen-bond donors (Lipinski definition) is 2. The molecule has 2 unspecified atom stereocenters. The van der Waals surface area contributed by atoms with Crippen LogP contribution in [0.2, 0.25) is 5.02 Å². The van der Waals surface area contributed by atoms with E-state index in [9.17, 15) is 39.9 Å². The fourth-order valence-electron chi connectivity index (χ4n) is 7.13. The summed E-state index contributed by atoms with van der Waals surface area (Å²) in [5.41, 5.74) is -3.45. The number of fused-ring (bicyclic) bond motifs is 2. The molecule has 3 atom stereocenters. The lowest BCUT2D eigenvalue weighted by Crippen LogP contribution is -2.35. The third-order valence-corrected chi connectivity index (χ3v) is 10.5. The first-order valence-electron chi connectivity index (χ1n) is 17.9. The highest BCUT2D eigenvalue weighted by Gasteiger charge is 2.57. The summed E-state index contributed by atoms with van der Waals surface area (Å²) in [7, 11) is 0. The van der Waals surface area contributed by atoms with E-state index in [-0.39, 0.29) is 55.7 Å². The molecule has 0 fully saturated rings. The number of pyridine rings is 1. The van der Waals surface area contributed by atoms with Crippen molar-refractivity contribution in [3.05, 3.63) is 93.0 Å². The van der Waals surface area contributed by atoms with Crippen molar-refractivity contribution in [3.63, 3.8) is 0 Å². The topological polar surface area (TPSA) is 89.7 Å². The Kier molecular flexibility index (Phi) is 12.0. The number of carbonyl (C=O) groups excluding carboxylic acids is 1. The van der Waals surface area contributed by atoms with Crippen LogP contribution < -0.4 is 10.0 Å². The highest BCUT2D eigenvalue weighted by atomic mass is 35.5. The first kappa shape index (κ1) is 43.6. The molecule has 1 aliphatic rings. The predicted molar refractivity (Wildman–Crippen MR) is 203 cm³/mol. The Labute approximate surface area is 340 Å². The molecule has 59 heavy (non-hydrogen) atoms. The number of anilines is 1. The van der Waals surface area contributed by atoms with Crippen LogP contribution in [0.3, 0.4) is 0 Å². The molecule has 1 amide bonds. The highest BCUT2D eigenvalue weighted by molar-refractivity contribution is 7.99. The number of aromatic nitrogens is 5. The smallest absolute Gasteiger partial charge is 0.346 e. The standard InChI is InChI=1S/C39H34ClF10N7OS/c1-18(2)6-7-24-8-9-25(26-10-11-27(40)31-33(26)57(17-37(43,44)45)54-36(31)55-59-5)32(51-24)28(14-21-12-22(41)15-23(42)13-21)52-29(58)16-56-35-30(34(53-56)39(48,49)50)19(3)20(4)38(35,46)47/h8-13,15,18-20,28H,14,16-17H2,1-5H3,(H,52,58)(H,54,55)/t19-,20?,28?/m0/s1. The molecule has 6 rings (SSSR count). The molecule has 2 N–H and O–H groups in total. The number of carbonyl (C=O) groups is 1. The van der Waals surface area contributed by atoms with Gasteiger partial charge in [0.05, 0.1) is 27.7 Å². The van der Waals surface area contributed by atoms with Gasteiger partial charge in [-0.15, -0.1) is 0 Å². The van der Waals surface area contributed by atoms with Crippen LogP contribution in [0, 0.1) is 35.3 Å². The fourth-order valence-corrected chi connectivity index (χ4v) is 7.70. The van der Waals surface area contributed by atoms with Crippen LogP contribution in [0.25, 0.3) is 22.0 Å². The van der Waals surface area contributed by atoms with Gasteiger partial charge in [0.1, 0.15) is 36.1 Å². The van der Waals surface area contributed by atoms with Crippen molar-refractivity contribution in [1.82, 2.24) is 29.9 Å². The van der Waals surface area contributed by atoms with Crippen molar-refractivity contribution in [3.8, 4) is 23.0 Å². The van der Waals surface area contributed by atoms with Gasteiger partial charge >= 0.3 is 12.4 Å². The van der Waals surface area contributed by atoms with E-state index in [1.54, 1.807) is 20.1 Å². The third kappa shape index (κ3) is 8.98. The van der Waals surface area contributed by atoms with Gasteiger partial charge in [-0.2, -0.15) is 45.3 Å². The van der Waals surface area contributed by atoms with E-state index >= 15 is 8.78 Å². The molecule has 0 saturated heterocycles. The van der Waals surface area contributed by atoms with E-state index in [0.29, 0.717) is 15.4 Å². The molecule has 0 radical (unpaired) electrons. The summed E-state index contributed by atoms with van der Waals surface area (Å²) in [5.74, 6) is -4.21. The molecule has 3 aromatic heterocycles. The third-order valence-electron chi connectivity index (χ3n) is 9.75. The molecule has 2 aromatic carbocycles. The summed E-state index contributed by atoms with van der Waals surface area (Å²) in [6.45, 7) is 3.15. The Bertz CT molecular complexity index is 2470. The van der Waals surface area contributed by atoms with Crippen molar-refractivity contribution >= 4 is 46.2 Å². The monoisotopic (exact) mass is 873 g/mol. The molecule has 8 nitrogen and oxygen atoms in total. The van der Waals surface area contributed by atoms with Crippen molar-refractivity contribution in [2.24, 2.45) is 11.8 Å². The second-order valence-electron chi connectivity index (χ2n) is 14.4. The van der Waals surface area contributed by atoms with Crippen LogP contribution in [0.5, 0.6) is 0 Å². The van der Waals surface area contributed by atoms with Gasteiger partial charge in [0.2, 0.25) is 5.91 Å². The minimum Gasteiger partial charge on any atom is -0.346 e. The maximum absolute atomic E-state index is 15.6. The molecule has 314 valence electrons. The zero-order valence-electron chi connectivity index (χ0n) is 31.7. The second-order valence-corrected chi connectivity index (χ2v) is 15.4. The summed E-state index contributed by atoms with van der Waals surface area (Å²) in [6.07, 6.45) is -8.77. The van der Waals surface area contributed by atoms with Crippen molar-refractivity contribution in [1.29, 1.82) is 0 Å². The fraction of sp³-hybridized carbons (Fsp3) is 0.385. The average molecular weight is 874 g/mol. The molecular weight excluding hydrogens is 840 g/mol. The molecule has 3 heterocycles. The van der Waals surface area contributed by atoms with E-state index in [4.69, 9.17) is 11.6 Å².